The van der Waals surface area contributed by atoms with E-state index in [9.17, 15) is 4.79 Å². The normalized spacial score (nSPS) is 16.3. The molecule has 4 nitrogen and oxygen atoms in total. The van der Waals surface area contributed by atoms with Crippen LogP contribution in [0.25, 0.3) is 0 Å². The number of amides is 1. The van der Waals surface area contributed by atoms with Crippen molar-refractivity contribution in [2.24, 2.45) is 11.8 Å². The van der Waals surface area contributed by atoms with Gasteiger partial charge in [-0.2, -0.15) is 0 Å². The smallest absolute Gasteiger partial charge is 0.255 e. The fourth-order valence-corrected chi connectivity index (χ4v) is 2.96. The molecule has 0 aromatic carbocycles. The van der Waals surface area contributed by atoms with E-state index in [2.05, 4.69) is 18.8 Å². The Hall–Kier alpha value is -1.29. The van der Waals surface area contributed by atoms with Crippen LogP contribution in [0.3, 0.4) is 0 Å². The molecule has 0 spiro atoms. The number of piperidine rings is 1. The number of carbonyl (C=O) groups excluding carboxylic acids is 1. The zero-order valence-electron chi connectivity index (χ0n) is 12.9. The van der Waals surface area contributed by atoms with Gasteiger partial charge in [-0.1, -0.05) is 25.4 Å². The Morgan fingerprint density at radius 1 is 1.48 bits per heavy atom. The summed E-state index contributed by atoms with van der Waals surface area (Å²) < 4.78 is 5.29. The molecule has 1 aliphatic heterocycles. The predicted molar refractivity (Wildman–Crippen MR) is 83.9 cm³/mol. The maximum atomic E-state index is 12.5. The lowest BCUT2D eigenvalue weighted by Crippen LogP contribution is -2.39. The lowest BCUT2D eigenvalue weighted by Gasteiger charge is -2.33. The summed E-state index contributed by atoms with van der Waals surface area (Å²) in [4.78, 5) is 18.5. The minimum atomic E-state index is 0.00894. The fraction of sp³-hybridized carbons (Fsp3) is 0.625. The molecule has 0 radical (unpaired) electrons. The lowest BCUT2D eigenvalue weighted by molar-refractivity contribution is 0.0667. The predicted octanol–water partition coefficient (Wildman–Crippen LogP) is 3.64. The maximum absolute atomic E-state index is 12.5. The van der Waals surface area contributed by atoms with E-state index in [-0.39, 0.29) is 5.91 Å². The molecule has 2 heterocycles. The van der Waals surface area contributed by atoms with Gasteiger partial charge in [-0.25, -0.2) is 4.98 Å². The molecule has 1 saturated heterocycles. The zero-order valence-corrected chi connectivity index (χ0v) is 13.7. The second kappa shape index (κ2) is 7.12. The molecule has 0 bridgehead atoms. The first kappa shape index (κ1) is 16.1. The van der Waals surface area contributed by atoms with E-state index in [1.165, 1.54) is 0 Å². The molecule has 0 unspecified atom stereocenters. The van der Waals surface area contributed by atoms with Crippen molar-refractivity contribution in [3.8, 4) is 5.88 Å². The van der Waals surface area contributed by atoms with E-state index in [1.807, 2.05) is 11.8 Å². The molecule has 1 fully saturated rings. The Labute approximate surface area is 131 Å². The zero-order chi connectivity index (χ0) is 15.4. The molecule has 1 aromatic heterocycles. The number of nitrogens with zero attached hydrogens (tertiary/aromatic N) is 2. The standard InChI is InChI=1S/C16H23ClN2O2/c1-4-21-15-14(17)9-13(10-18-15)16(20)19-7-5-12(6-8-19)11(2)3/h9-12H,4-8H2,1-3H3. The molecule has 0 N–H and O–H groups in total. The van der Waals surface area contributed by atoms with Gasteiger partial charge < -0.3 is 9.64 Å². The average Bonchev–Trinajstić information content (AvgIpc) is 2.49. The van der Waals surface area contributed by atoms with Crippen molar-refractivity contribution < 1.29 is 9.53 Å². The van der Waals surface area contributed by atoms with Crippen molar-refractivity contribution in [2.75, 3.05) is 19.7 Å². The van der Waals surface area contributed by atoms with Crippen LogP contribution in [0.1, 0.15) is 44.0 Å². The summed E-state index contributed by atoms with van der Waals surface area (Å²) in [5.41, 5.74) is 0.534. The summed E-state index contributed by atoms with van der Waals surface area (Å²) >= 11 is 6.10. The average molecular weight is 311 g/mol. The van der Waals surface area contributed by atoms with Gasteiger partial charge in [0.05, 0.1) is 12.2 Å². The van der Waals surface area contributed by atoms with E-state index in [4.69, 9.17) is 16.3 Å². The van der Waals surface area contributed by atoms with Gasteiger partial charge in [0.1, 0.15) is 5.02 Å². The van der Waals surface area contributed by atoms with E-state index in [0.29, 0.717) is 29.0 Å². The Morgan fingerprint density at radius 2 is 2.14 bits per heavy atom. The molecule has 1 aliphatic rings. The first-order valence-corrected chi connectivity index (χ1v) is 7.98. The SMILES string of the molecule is CCOc1ncc(C(=O)N2CCC(C(C)C)CC2)cc1Cl. The molecule has 1 amide bonds. The second-order valence-corrected chi connectivity index (χ2v) is 6.22. The first-order chi connectivity index (χ1) is 10.0. The van der Waals surface area contributed by atoms with Crippen LogP contribution < -0.4 is 4.74 Å². The molecular formula is C16H23ClN2O2. The largest absolute Gasteiger partial charge is 0.477 e. The molecule has 5 heteroatoms. The van der Waals surface area contributed by atoms with Gasteiger partial charge in [0.15, 0.2) is 0 Å². The van der Waals surface area contributed by atoms with Gasteiger partial charge >= 0.3 is 0 Å². The third kappa shape index (κ3) is 3.88. The summed E-state index contributed by atoms with van der Waals surface area (Å²) in [5.74, 6) is 1.80. The van der Waals surface area contributed by atoms with Crippen LogP contribution in [0.4, 0.5) is 0 Å². The van der Waals surface area contributed by atoms with Crippen molar-refractivity contribution in [1.82, 2.24) is 9.88 Å². The molecule has 1 aromatic rings. The summed E-state index contributed by atoms with van der Waals surface area (Å²) in [6, 6.07) is 1.65. The maximum Gasteiger partial charge on any atom is 0.255 e. The Bertz CT molecular complexity index is 497. The summed E-state index contributed by atoms with van der Waals surface area (Å²) in [5, 5.41) is 0.389. The van der Waals surface area contributed by atoms with Crippen molar-refractivity contribution in [3.63, 3.8) is 0 Å². The van der Waals surface area contributed by atoms with Crippen LogP contribution in [0, 0.1) is 11.8 Å². The van der Waals surface area contributed by atoms with Crippen LogP contribution in [0.5, 0.6) is 5.88 Å². The summed E-state index contributed by atoms with van der Waals surface area (Å²) in [6.45, 7) is 8.49. The number of pyridine rings is 1. The Balaban J connectivity index is 2.02. The third-order valence-electron chi connectivity index (χ3n) is 4.11. The van der Waals surface area contributed by atoms with E-state index in [0.717, 1.165) is 31.8 Å². The third-order valence-corrected chi connectivity index (χ3v) is 4.38. The van der Waals surface area contributed by atoms with Gasteiger partial charge in [-0.05, 0) is 37.7 Å². The number of carbonyl (C=O) groups is 1. The Kier molecular flexibility index (Phi) is 5.45. The Morgan fingerprint density at radius 3 is 2.67 bits per heavy atom. The van der Waals surface area contributed by atoms with Crippen LogP contribution in [-0.2, 0) is 0 Å². The highest BCUT2D eigenvalue weighted by atomic mass is 35.5. The minimum Gasteiger partial charge on any atom is -0.477 e. The number of aromatic nitrogens is 1. The van der Waals surface area contributed by atoms with Crippen LogP contribution >= 0.6 is 11.6 Å². The number of hydrogen-bond acceptors (Lipinski definition) is 3. The highest BCUT2D eigenvalue weighted by Crippen LogP contribution is 2.27. The number of hydrogen-bond donors (Lipinski definition) is 0. The van der Waals surface area contributed by atoms with E-state index >= 15 is 0 Å². The molecule has 2 rings (SSSR count). The number of ether oxygens (including phenoxy) is 1. The van der Waals surface area contributed by atoms with Gasteiger partial charge in [0, 0.05) is 19.3 Å². The van der Waals surface area contributed by atoms with Crippen molar-refractivity contribution in [1.29, 1.82) is 0 Å². The first-order valence-electron chi connectivity index (χ1n) is 7.60. The van der Waals surface area contributed by atoms with Gasteiger partial charge in [-0.3, -0.25) is 4.79 Å². The van der Waals surface area contributed by atoms with Crippen LogP contribution in [0.15, 0.2) is 12.3 Å². The number of rotatable bonds is 4. The highest BCUT2D eigenvalue weighted by molar-refractivity contribution is 6.32. The topological polar surface area (TPSA) is 42.4 Å². The second-order valence-electron chi connectivity index (χ2n) is 5.82. The molecule has 0 saturated carbocycles. The van der Waals surface area contributed by atoms with E-state index < -0.39 is 0 Å². The summed E-state index contributed by atoms with van der Waals surface area (Å²) in [7, 11) is 0. The quantitative estimate of drug-likeness (QED) is 0.852. The lowest BCUT2D eigenvalue weighted by atomic mass is 9.86. The van der Waals surface area contributed by atoms with Gasteiger partial charge in [-0.15, -0.1) is 0 Å². The molecule has 0 aliphatic carbocycles. The number of likely N-dealkylation sites (tertiary alicyclic amines) is 1. The molecular weight excluding hydrogens is 288 g/mol. The van der Waals surface area contributed by atoms with Crippen LogP contribution in [-0.4, -0.2) is 35.5 Å². The molecule has 21 heavy (non-hydrogen) atoms. The minimum absolute atomic E-state index is 0.00894. The molecule has 0 atom stereocenters. The fourth-order valence-electron chi connectivity index (χ4n) is 2.74. The monoisotopic (exact) mass is 310 g/mol. The van der Waals surface area contributed by atoms with Crippen molar-refractivity contribution in [3.05, 3.63) is 22.8 Å². The number of halogens is 1. The highest BCUT2D eigenvalue weighted by Gasteiger charge is 2.25. The van der Waals surface area contributed by atoms with E-state index in [1.54, 1.807) is 12.3 Å². The summed E-state index contributed by atoms with van der Waals surface area (Å²) in [6.07, 6.45) is 3.69. The van der Waals surface area contributed by atoms with Crippen molar-refractivity contribution in [2.45, 2.75) is 33.6 Å². The van der Waals surface area contributed by atoms with Crippen LogP contribution in [0.2, 0.25) is 5.02 Å². The van der Waals surface area contributed by atoms with Gasteiger partial charge in [0.25, 0.3) is 5.91 Å². The van der Waals surface area contributed by atoms with Gasteiger partial charge in [0.2, 0.25) is 5.88 Å². The van der Waals surface area contributed by atoms with Crippen molar-refractivity contribution >= 4 is 17.5 Å². The molecule has 116 valence electrons.